The molecule has 1 N–H and O–H groups in total. The van der Waals surface area contributed by atoms with Crippen LogP contribution in [0.5, 0.6) is 11.6 Å². The first-order chi connectivity index (χ1) is 11.7. The van der Waals surface area contributed by atoms with Gasteiger partial charge in [-0.3, -0.25) is 4.57 Å². The van der Waals surface area contributed by atoms with Gasteiger partial charge in [0.1, 0.15) is 5.75 Å². The topological polar surface area (TPSA) is 39.3 Å². The van der Waals surface area contributed by atoms with Crippen molar-refractivity contribution in [3.8, 4) is 17.3 Å². The number of hydrogen-bond acceptors (Lipinski definition) is 2. The van der Waals surface area contributed by atoms with Crippen LogP contribution in [-0.4, -0.2) is 21.4 Å². The minimum Gasteiger partial charge on any atom is -0.497 e. The van der Waals surface area contributed by atoms with Gasteiger partial charge in [0.05, 0.1) is 7.11 Å². The summed E-state index contributed by atoms with van der Waals surface area (Å²) in [5, 5.41) is 13.6. The van der Waals surface area contributed by atoms with Crippen molar-refractivity contribution in [1.29, 1.82) is 0 Å². The average Bonchev–Trinajstić information content (AvgIpc) is 3.16. The molecule has 0 bridgehead atoms. The summed E-state index contributed by atoms with van der Waals surface area (Å²) >= 11 is 0. The number of fused-ring (bicyclic) bond motifs is 2. The fourth-order valence-electron chi connectivity index (χ4n) is 3.27. The van der Waals surface area contributed by atoms with Crippen molar-refractivity contribution in [2.24, 2.45) is 0 Å². The predicted octanol–water partition coefficient (Wildman–Crippen LogP) is 4.71. The third-order valence-electron chi connectivity index (χ3n) is 4.49. The number of aromatic hydroxyl groups is 1. The monoisotopic (exact) mass is 320 g/mol. The number of ether oxygens (including phenoxy) is 1. The number of nitrogens with zero attached hydrogens (tertiary/aromatic N) is 2. The second kappa shape index (κ2) is 5.64. The molecule has 0 spiro atoms. The summed E-state index contributed by atoms with van der Waals surface area (Å²) in [4.78, 5) is 0. The first-order valence-corrected chi connectivity index (χ1v) is 8.18. The van der Waals surface area contributed by atoms with Crippen molar-refractivity contribution < 1.29 is 9.84 Å². The van der Waals surface area contributed by atoms with E-state index >= 15 is 0 Å². The van der Waals surface area contributed by atoms with Gasteiger partial charge in [0.15, 0.2) is 0 Å². The van der Waals surface area contributed by atoms with Crippen molar-refractivity contribution >= 4 is 21.7 Å². The van der Waals surface area contributed by atoms with E-state index in [0.29, 0.717) is 0 Å². The molecule has 4 heteroatoms. The summed E-state index contributed by atoms with van der Waals surface area (Å²) in [6.07, 6.45) is 5.18. The molecular formula is C20H20N2O2. The summed E-state index contributed by atoms with van der Waals surface area (Å²) in [6, 6.07) is 14.1. The molecule has 122 valence electrons. The van der Waals surface area contributed by atoms with Crippen molar-refractivity contribution in [2.75, 3.05) is 7.11 Å². The fraction of sp³-hybridized carbons (Fsp3) is 0.200. The zero-order valence-electron chi connectivity index (χ0n) is 13.9. The molecule has 0 amide bonds. The minimum atomic E-state index is 0.233. The third kappa shape index (κ3) is 2.22. The number of rotatable bonds is 4. The molecule has 0 aliphatic rings. The maximum atomic E-state index is 10.6. The standard InChI is InChI=1S/C20H20N2O2/c1-3-9-21-10-8-14-11-16(5-7-19(14)21)22-13-15-4-6-17(24-2)12-18(15)20(22)23/h4-8,10-13,23H,3,9H2,1-2H3. The van der Waals surface area contributed by atoms with Crippen LogP contribution in [-0.2, 0) is 6.54 Å². The van der Waals surface area contributed by atoms with Crippen LogP contribution >= 0.6 is 0 Å². The first kappa shape index (κ1) is 14.7. The van der Waals surface area contributed by atoms with Gasteiger partial charge in [-0.1, -0.05) is 6.92 Å². The molecule has 0 radical (unpaired) electrons. The molecule has 24 heavy (non-hydrogen) atoms. The van der Waals surface area contributed by atoms with E-state index in [1.54, 1.807) is 7.11 Å². The quantitative estimate of drug-likeness (QED) is 0.591. The van der Waals surface area contributed by atoms with Crippen molar-refractivity contribution in [2.45, 2.75) is 19.9 Å². The largest absolute Gasteiger partial charge is 0.497 e. The van der Waals surface area contributed by atoms with Crippen molar-refractivity contribution in [3.05, 3.63) is 54.9 Å². The van der Waals surface area contributed by atoms with E-state index < -0.39 is 0 Å². The molecule has 4 aromatic rings. The Kier molecular flexibility index (Phi) is 3.45. The summed E-state index contributed by atoms with van der Waals surface area (Å²) in [5.41, 5.74) is 2.17. The van der Waals surface area contributed by atoms with E-state index in [1.165, 1.54) is 10.9 Å². The highest BCUT2D eigenvalue weighted by Crippen LogP contribution is 2.33. The van der Waals surface area contributed by atoms with Gasteiger partial charge < -0.3 is 14.4 Å². The summed E-state index contributed by atoms with van der Waals surface area (Å²) in [5.74, 6) is 0.971. The Labute approximate surface area is 140 Å². The van der Waals surface area contributed by atoms with Crippen LogP contribution in [0.3, 0.4) is 0 Å². The maximum absolute atomic E-state index is 10.6. The Bertz CT molecular complexity index is 1030. The second-order valence-corrected chi connectivity index (χ2v) is 6.03. The van der Waals surface area contributed by atoms with Gasteiger partial charge in [-0.05, 0) is 48.9 Å². The molecule has 0 saturated heterocycles. The Hall–Kier alpha value is -2.88. The van der Waals surface area contributed by atoms with Gasteiger partial charge >= 0.3 is 0 Å². The van der Waals surface area contributed by atoms with E-state index in [9.17, 15) is 5.11 Å². The van der Waals surface area contributed by atoms with Crippen LogP contribution in [0.4, 0.5) is 0 Å². The highest BCUT2D eigenvalue weighted by Gasteiger charge is 2.11. The molecule has 4 rings (SSSR count). The number of hydrogen-bond donors (Lipinski definition) is 1. The Morgan fingerprint density at radius 3 is 2.71 bits per heavy atom. The summed E-state index contributed by atoms with van der Waals surface area (Å²) in [6.45, 7) is 3.19. The second-order valence-electron chi connectivity index (χ2n) is 6.03. The van der Waals surface area contributed by atoms with Crippen LogP contribution in [0.1, 0.15) is 13.3 Å². The van der Waals surface area contributed by atoms with Gasteiger partial charge in [-0.25, -0.2) is 0 Å². The molecule has 0 saturated carbocycles. The highest BCUT2D eigenvalue weighted by molar-refractivity contribution is 5.90. The molecule has 2 aromatic carbocycles. The molecule has 4 nitrogen and oxygen atoms in total. The molecule has 2 heterocycles. The molecular weight excluding hydrogens is 300 g/mol. The van der Waals surface area contributed by atoms with Crippen LogP contribution in [0, 0.1) is 0 Å². The van der Waals surface area contributed by atoms with Gasteiger partial charge in [0.2, 0.25) is 5.88 Å². The van der Waals surface area contributed by atoms with Crippen LogP contribution in [0.25, 0.3) is 27.4 Å². The average molecular weight is 320 g/mol. The molecule has 0 fully saturated rings. The van der Waals surface area contributed by atoms with Gasteiger partial charge in [0, 0.05) is 46.3 Å². The fourth-order valence-corrected chi connectivity index (χ4v) is 3.27. The predicted molar refractivity (Wildman–Crippen MR) is 97.3 cm³/mol. The first-order valence-electron chi connectivity index (χ1n) is 8.18. The number of aryl methyl sites for hydroxylation is 1. The number of methoxy groups -OCH3 is 1. The number of benzene rings is 2. The smallest absolute Gasteiger partial charge is 0.203 e. The summed E-state index contributed by atoms with van der Waals surface area (Å²) < 4.78 is 9.33. The van der Waals surface area contributed by atoms with E-state index in [2.05, 4.69) is 35.9 Å². The Balaban J connectivity index is 1.84. The van der Waals surface area contributed by atoms with Crippen molar-refractivity contribution in [1.82, 2.24) is 9.13 Å². The lowest BCUT2D eigenvalue weighted by molar-refractivity contribution is 0.414. The molecule has 2 aromatic heterocycles. The van der Waals surface area contributed by atoms with E-state index in [-0.39, 0.29) is 5.88 Å². The van der Waals surface area contributed by atoms with E-state index in [4.69, 9.17) is 4.74 Å². The van der Waals surface area contributed by atoms with Gasteiger partial charge in [-0.2, -0.15) is 0 Å². The van der Waals surface area contributed by atoms with Gasteiger partial charge in [-0.15, -0.1) is 0 Å². The van der Waals surface area contributed by atoms with Crippen molar-refractivity contribution in [3.63, 3.8) is 0 Å². The van der Waals surface area contributed by atoms with Crippen LogP contribution < -0.4 is 4.74 Å². The maximum Gasteiger partial charge on any atom is 0.203 e. The Morgan fingerprint density at radius 1 is 1.04 bits per heavy atom. The summed E-state index contributed by atoms with van der Waals surface area (Å²) in [7, 11) is 1.63. The van der Waals surface area contributed by atoms with Crippen LogP contribution in [0.15, 0.2) is 54.9 Å². The SMILES string of the molecule is CCCn1ccc2cc(-n3cc4ccc(OC)cc4c3O)ccc21. The van der Waals surface area contributed by atoms with E-state index in [1.807, 2.05) is 35.0 Å². The lowest BCUT2D eigenvalue weighted by Gasteiger charge is -2.07. The lowest BCUT2D eigenvalue weighted by Crippen LogP contribution is -1.95. The lowest BCUT2D eigenvalue weighted by atomic mass is 10.2. The zero-order valence-corrected chi connectivity index (χ0v) is 13.9. The minimum absolute atomic E-state index is 0.233. The molecule has 0 aliphatic heterocycles. The Morgan fingerprint density at radius 2 is 1.92 bits per heavy atom. The van der Waals surface area contributed by atoms with Crippen LogP contribution in [0.2, 0.25) is 0 Å². The normalized spacial score (nSPS) is 11.4. The molecule has 0 atom stereocenters. The molecule has 0 unspecified atom stereocenters. The third-order valence-corrected chi connectivity index (χ3v) is 4.49. The highest BCUT2D eigenvalue weighted by atomic mass is 16.5. The van der Waals surface area contributed by atoms with E-state index in [0.717, 1.165) is 35.2 Å². The van der Waals surface area contributed by atoms with Gasteiger partial charge in [0.25, 0.3) is 0 Å². The zero-order chi connectivity index (χ0) is 16.7. The molecule has 0 aliphatic carbocycles. The number of aromatic nitrogens is 2.